The molecule has 0 aromatic carbocycles. The molecule has 11 heterocycles. The minimum Gasteiger partial charge on any atom is -0.372 e. The van der Waals surface area contributed by atoms with Gasteiger partial charge in [-0.25, -0.2) is 0 Å². The van der Waals surface area contributed by atoms with Gasteiger partial charge in [0.1, 0.15) is 6.73 Å². The molecule has 134 heavy (non-hydrogen) atoms. The zero-order chi connectivity index (χ0) is 102. The molecule has 1 spiro atoms. The SMILES string of the molecule is CC(C)(C)C.CC(C)(C)CN1CCN(CNC(C)(C)C)CC1.CC(C)(C)CN1CCN(CNC(C)(C)C)CC1.CC(C)(C)CN1CCN(COC(C)(C)C)CC1.CC(C)(C)CN1CCN(COC(C)(C)C)CC1.CC(C)(C)CN1C[C@@H]2C[C@H]1CN2CNC(C)(C)C.CC(C)(C)CN1C[C@@H]2C[C@H]1CN2COC(C)(C)C.CC(C)(C)N1CCC2(CC1)CNCCO2.CCN1CCN(CC)CC1. The lowest BCUT2D eigenvalue weighted by atomic mass is 9.88. The Balaban J connectivity index is 0.000000393. The molecule has 11 aliphatic rings. The maximum absolute atomic E-state index is 5.98. The van der Waals surface area contributed by atoms with Gasteiger partial charge in [-0.3, -0.25) is 60.0 Å². The fraction of sp³-hybridized carbons (Fsp3) is 1.00. The van der Waals surface area contributed by atoms with E-state index in [1.54, 1.807) is 0 Å². The van der Waals surface area contributed by atoms with Gasteiger partial charge in [-0.2, -0.15) is 0 Å². The lowest BCUT2D eigenvalue weighted by Crippen LogP contribution is -2.58. The molecule has 11 fully saturated rings. The maximum atomic E-state index is 5.98. The first-order valence-corrected chi connectivity index (χ1v) is 54.3. The van der Waals surface area contributed by atoms with Crippen molar-refractivity contribution in [3.8, 4) is 0 Å². The topological polar surface area (TPSA) is 134 Å². The first kappa shape index (κ1) is 127. The smallest absolute Gasteiger partial charge is 0.100 e. The highest BCUT2D eigenvalue weighted by atomic mass is 16.5. The summed E-state index contributed by atoms with van der Waals surface area (Å²) in [7, 11) is 0. The van der Waals surface area contributed by atoms with Crippen LogP contribution >= 0.6 is 0 Å². The number of hydrogen-bond donors (Lipinski definition) is 4. The Morgan fingerprint density at radius 2 is 0.530 bits per heavy atom. The summed E-state index contributed by atoms with van der Waals surface area (Å²) in [6.07, 6.45) is 5.07. The van der Waals surface area contributed by atoms with Crippen LogP contribution in [0.4, 0.5) is 0 Å². The van der Waals surface area contributed by atoms with E-state index in [4.69, 9.17) is 18.9 Å². The van der Waals surface area contributed by atoms with Gasteiger partial charge in [-0.05, 0) is 222 Å². The third-order valence-corrected chi connectivity index (χ3v) is 25.6. The number of fused-ring (bicyclic) bond motifs is 4. The third-order valence-electron chi connectivity index (χ3n) is 25.6. The molecule has 800 valence electrons. The van der Waals surface area contributed by atoms with Crippen molar-refractivity contribution in [3.63, 3.8) is 0 Å². The zero-order valence-corrected chi connectivity index (χ0v) is 98.4. The van der Waals surface area contributed by atoms with Crippen LogP contribution in [0.2, 0.25) is 0 Å². The Labute approximate surface area is 835 Å². The Morgan fingerprint density at radius 1 is 0.284 bits per heavy atom. The van der Waals surface area contributed by atoms with Crippen molar-refractivity contribution >= 4 is 0 Å². The quantitative estimate of drug-likeness (QED) is 0.0920. The minimum atomic E-state index is -0.0253. The lowest BCUT2D eigenvalue weighted by Gasteiger charge is -2.47. The number of nitrogens with zero attached hydrogens (tertiary/aromatic N) is 15. The van der Waals surface area contributed by atoms with Crippen LogP contribution in [0.25, 0.3) is 0 Å². The second-order valence-electron chi connectivity index (χ2n) is 58.1. The van der Waals surface area contributed by atoms with E-state index in [-0.39, 0.29) is 39.0 Å². The average molecular weight is 1900 g/mol. The fourth-order valence-corrected chi connectivity index (χ4v) is 18.6. The van der Waals surface area contributed by atoms with E-state index >= 15 is 0 Å². The number of ether oxygens (including phenoxy) is 4. The Hall–Kier alpha value is -0.920. The first-order chi connectivity index (χ1) is 60.8. The van der Waals surface area contributed by atoms with Crippen molar-refractivity contribution in [2.24, 2.45) is 37.9 Å². The van der Waals surface area contributed by atoms with Crippen LogP contribution in [0, 0.1) is 37.9 Å². The summed E-state index contributed by atoms with van der Waals surface area (Å²) in [5.74, 6) is 0. The zero-order valence-electron chi connectivity index (χ0n) is 98.4. The molecule has 23 heteroatoms. The molecule has 0 aromatic rings. The van der Waals surface area contributed by atoms with E-state index in [1.165, 1.54) is 222 Å². The maximum Gasteiger partial charge on any atom is 0.100 e. The van der Waals surface area contributed by atoms with Gasteiger partial charge in [0, 0.05) is 289 Å². The molecular weight excluding hydrogens is 1660 g/mol. The van der Waals surface area contributed by atoms with Crippen LogP contribution < -0.4 is 21.3 Å². The highest BCUT2D eigenvalue weighted by molar-refractivity contribution is 5.02. The second-order valence-corrected chi connectivity index (χ2v) is 58.1. The molecule has 0 aromatic heterocycles. The molecule has 11 rings (SSSR count). The highest BCUT2D eigenvalue weighted by Crippen LogP contribution is 2.36. The highest BCUT2D eigenvalue weighted by Gasteiger charge is 2.46. The van der Waals surface area contributed by atoms with E-state index in [0.29, 0.717) is 43.4 Å². The summed E-state index contributed by atoms with van der Waals surface area (Å²) in [6, 6.07) is 3.07. The van der Waals surface area contributed by atoms with Crippen molar-refractivity contribution in [3.05, 3.63) is 0 Å². The standard InChI is InChI=1S/C15H31N3.C15H30N2O.2C14H31N3.2C14H30N2O.C12H24N2O.C8H18N2.C5H12/c1-14(2,3)10-17-8-13-7-12(17)9-18(13)11-16-15(4,5)6;1-14(2,3)10-16-8-13-7-12(16)9-17(13)11-18-15(4,5)6;2*1-13(2,3)11-16-7-9-17(10-8-16)12-15-14(4,5)6;2*1-13(2,3)11-15-7-9-16(10-8-15)12-17-14(4,5)6;1-11(2,3)14-7-4-12(5-8-14)10-13-6-9-15-12;1-3-9-5-7-10(4-2)8-6-9;1-5(2,3)4/h12-13,16H,7-11H2,1-6H3;12-13H,7-11H2,1-6H3;2*15H,7-12H2,1-6H3;2*7-12H2,1-6H3;13H,4-10H2,1-3H3;3-8H2,1-2H3;1-4H3/t2*12-,13-;;;;;;;/m00......./s1. The monoisotopic (exact) mass is 1900 g/mol. The number of piperidine rings is 1. The molecule has 11 aliphatic heterocycles. The average Bonchev–Trinajstić information content (AvgIpc) is 1.59. The van der Waals surface area contributed by atoms with Crippen LogP contribution in [-0.2, 0) is 18.9 Å². The number of nitrogens with one attached hydrogen (secondary N) is 4. The van der Waals surface area contributed by atoms with Crippen LogP contribution in [0.15, 0.2) is 0 Å². The Morgan fingerprint density at radius 3 is 0.769 bits per heavy atom. The molecule has 0 saturated carbocycles. The number of likely N-dealkylation sites (tertiary alicyclic amines) is 5. The van der Waals surface area contributed by atoms with Crippen molar-refractivity contribution in [2.75, 3.05) is 282 Å². The van der Waals surface area contributed by atoms with Gasteiger partial charge in [0.25, 0.3) is 0 Å². The van der Waals surface area contributed by atoms with E-state index in [2.05, 4.69) is 406 Å². The predicted octanol–water partition coefficient (Wildman–Crippen LogP) is 17.5. The second kappa shape index (κ2) is 56.1. The normalized spacial score (nSPS) is 24.1. The van der Waals surface area contributed by atoms with Gasteiger partial charge in [0.05, 0.1) is 42.5 Å². The molecular formula is C111H237N19O4. The molecule has 23 nitrogen and oxygen atoms in total. The largest absolute Gasteiger partial charge is 0.372 e. The molecule has 11 saturated heterocycles. The number of likely N-dealkylation sites (N-methyl/N-ethyl adjacent to an activating group) is 2. The molecule has 4 bridgehead atoms. The molecule has 4 atom stereocenters. The summed E-state index contributed by atoms with van der Waals surface area (Å²) in [5.41, 5.74) is 4.07. The van der Waals surface area contributed by atoms with Crippen molar-refractivity contribution in [1.82, 2.24) is 94.8 Å². The summed E-state index contributed by atoms with van der Waals surface area (Å²) >= 11 is 0. The van der Waals surface area contributed by atoms with Gasteiger partial charge < -0.3 is 53.7 Å². The third kappa shape index (κ3) is 63.4. The Kier molecular flexibility index (Phi) is 53.3. The predicted molar refractivity (Wildman–Crippen MR) is 582 cm³/mol. The van der Waals surface area contributed by atoms with Gasteiger partial charge in [0.2, 0.25) is 0 Å². The van der Waals surface area contributed by atoms with Crippen LogP contribution in [0.1, 0.15) is 337 Å². The van der Waals surface area contributed by atoms with Crippen molar-refractivity contribution in [2.45, 2.75) is 406 Å². The summed E-state index contributed by atoms with van der Waals surface area (Å²) in [6.45, 7) is 150. The molecule has 0 unspecified atom stereocenters. The van der Waals surface area contributed by atoms with Gasteiger partial charge in [-0.1, -0.05) is 166 Å². The number of rotatable bonds is 20. The van der Waals surface area contributed by atoms with Crippen LogP contribution in [0.5, 0.6) is 0 Å². The van der Waals surface area contributed by atoms with E-state index < -0.39 is 0 Å². The lowest BCUT2D eigenvalue weighted by molar-refractivity contribution is -0.109. The first-order valence-electron chi connectivity index (χ1n) is 54.3. The van der Waals surface area contributed by atoms with Gasteiger partial charge in [0.15, 0.2) is 0 Å². The number of piperazine rings is 7. The fourth-order valence-electron chi connectivity index (χ4n) is 18.6. The van der Waals surface area contributed by atoms with E-state index in [9.17, 15) is 0 Å². The molecule has 0 amide bonds. The Bertz CT molecular complexity index is 2730. The number of morpholine rings is 1. The minimum absolute atomic E-state index is 0.0209. The number of hydrogen-bond acceptors (Lipinski definition) is 23. The van der Waals surface area contributed by atoms with Crippen LogP contribution in [-0.4, -0.2) is 425 Å². The van der Waals surface area contributed by atoms with Gasteiger partial charge >= 0.3 is 0 Å². The van der Waals surface area contributed by atoms with Crippen LogP contribution in [0.3, 0.4) is 0 Å². The van der Waals surface area contributed by atoms with E-state index in [0.717, 1.165) is 110 Å². The summed E-state index contributed by atoms with van der Waals surface area (Å²) in [4.78, 5) is 38.3. The van der Waals surface area contributed by atoms with Crippen molar-refractivity contribution in [1.29, 1.82) is 0 Å². The summed E-state index contributed by atoms with van der Waals surface area (Å²) in [5, 5.41) is 14.2. The molecule has 4 N–H and O–H groups in total. The van der Waals surface area contributed by atoms with Gasteiger partial charge in [-0.15, -0.1) is 0 Å². The molecule has 0 aliphatic carbocycles. The summed E-state index contributed by atoms with van der Waals surface area (Å²) < 4.78 is 23.5. The molecule has 0 radical (unpaired) electrons. The van der Waals surface area contributed by atoms with Crippen molar-refractivity contribution < 1.29 is 18.9 Å². The van der Waals surface area contributed by atoms with E-state index in [1.807, 2.05) is 0 Å².